The number of halogens is 1. The molecule has 1 unspecified atom stereocenters. The molecule has 0 aromatic heterocycles. The highest BCUT2D eigenvalue weighted by atomic mass is 35.5. The summed E-state index contributed by atoms with van der Waals surface area (Å²) >= 11 is 5.71. The van der Waals surface area contributed by atoms with Crippen molar-refractivity contribution in [2.45, 2.75) is 13.0 Å². The largest absolute Gasteiger partial charge is 0.459 e. The summed E-state index contributed by atoms with van der Waals surface area (Å²) in [6, 6.07) is 4.55. The Balaban J connectivity index is 2.77. The van der Waals surface area contributed by atoms with E-state index < -0.39 is 12.1 Å². The highest BCUT2D eigenvalue weighted by Gasteiger charge is 2.12. The molecule has 1 aromatic carbocycles. The molecule has 0 spiro atoms. The number of hydrogen-bond acceptors (Lipinski definition) is 4. The van der Waals surface area contributed by atoms with Crippen LogP contribution < -0.4 is 5.73 Å². The third-order valence-corrected chi connectivity index (χ3v) is 1.93. The Morgan fingerprint density at radius 2 is 2.33 bits per heavy atom. The van der Waals surface area contributed by atoms with Crippen LogP contribution in [-0.4, -0.2) is 23.8 Å². The Morgan fingerprint density at radius 3 is 2.93 bits per heavy atom. The quantitative estimate of drug-likeness (QED) is 0.608. The lowest BCUT2D eigenvalue weighted by atomic mass is 10.2. The molecule has 0 saturated carbocycles. The van der Waals surface area contributed by atoms with Crippen LogP contribution in [0.3, 0.4) is 0 Å². The first-order chi connectivity index (χ1) is 7.00. The monoisotopic (exact) mass is 229 g/mol. The van der Waals surface area contributed by atoms with E-state index in [1.54, 1.807) is 6.07 Å². The van der Waals surface area contributed by atoms with Gasteiger partial charge in [-0.1, -0.05) is 11.6 Å². The molecule has 1 rings (SSSR count). The fourth-order valence-electron chi connectivity index (χ4n) is 0.979. The van der Waals surface area contributed by atoms with Crippen LogP contribution in [0.5, 0.6) is 0 Å². The number of aliphatic hydroxyl groups excluding tert-OH is 1. The minimum Gasteiger partial charge on any atom is -0.459 e. The van der Waals surface area contributed by atoms with Crippen molar-refractivity contribution in [3.8, 4) is 0 Å². The first-order valence-corrected chi connectivity index (χ1v) is 4.78. The van der Waals surface area contributed by atoms with Crippen molar-refractivity contribution in [3.63, 3.8) is 0 Å². The van der Waals surface area contributed by atoms with E-state index in [-0.39, 0.29) is 12.2 Å². The molecule has 15 heavy (non-hydrogen) atoms. The number of ether oxygens (including phenoxy) is 1. The van der Waals surface area contributed by atoms with Gasteiger partial charge in [-0.25, -0.2) is 4.79 Å². The lowest BCUT2D eigenvalue weighted by Gasteiger charge is -2.08. The van der Waals surface area contributed by atoms with Gasteiger partial charge in [-0.15, -0.1) is 0 Å². The fraction of sp³-hybridized carbons (Fsp3) is 0.300. The average Bonchev–Trinajstić information content (AvgIpc) is 2.18. The van der Waals surface area contributed by atoms with E-state index >= 15 is 0 Å². The van der Waals surface area contributed by atoms with Crippen molar-refractivity contribution in [2.24, 2.45) is 0 Å². The van der Waals surface area contributed by atoms with Gasteiger partial charge < -0.3 is 15.6 Å². The Hall–Kier alpha value is -1.26. The lowest BCUT2D eigenvalue weighted by molar-refractivity contribution is 0.0297. The van der Waals surface area contributed by atoms with E-state index in [0.29, 0.717) is 10.7 Å². The molecule has 0 saturated heterocycles. The van der Waals surface area contributed by atoms with Crippen LogP contribution in [-0.2, 0) is 4.74 Å². The number of nitrogen functional groups attached to an aromatic ring is 1. The second-order valence-electron chi connectivity index (χ2n) is 3.18. The van der Waals surface area contributed by atoms with E-state index in [1.165, 1.54) is 19.1 Å². The summed E-state index contributed by atoms with van der Waals surface area (Å²) in [4.78, 5) is 11.5. The summed E-state index contributed by atoms with van der Waals surface area (Å²) in [6.45, 7) is 1.46. The SMILES string of the molecule is CC(O)COC(=O)c1cc(Cl)ccc1N. The zero-order valence-electron chi connectivity index (χ0n) is 8.24. The van der Waals surface area contributed by atoms with Gasteiger partial charge in [0.15, 0.2) is 0 Å². The van der Waals surface area contributed by atoms with Gasteiger partial charge in [-0.2, -0.15) is 0 Å². The second-order valence-corrected chi connectivity index (χ2v) is 3.62. The molecule has 0 aliphatic heterocycles. The van der Waals surface area contributed by atoms with E-state index in [0.717, 1.165) is 0 Å². The lowest BCUT2D eigenvalue weighted by Crippen LogP contribution is -2.16. The molecular formula is C10H12ClNO3. The van der Waals surface area contributed by atoms with Crippen molar-refractivity contribution in [2.75, 3.05) is 12.3 Å². The Kier molecular flexibility index (Phi) is 3.94. The molecule has 0 amide bonds. The van der Waals surface area contributed by atoms with E-state index in [4.69, 9.17) is 27.2 Å². The van der Waals surface area contributed by atoms with Crippen LogP contribution in [0, 0.1) is 0 Å². The fourth-order valence-corrected chi connectivity index (χ4v) is 1.15. The molecule has 3 N–H and O–H groups in total. The van der Waals surface area contributed by atoms with Crippen LogP contribution in [0.15, 0.2) is 18.2 Å². The Bertz CT molecular complexity index is 366. The molecule has 0 bridgehead atoms. The molecule has 5 heteroatoms. The highest BCUT2D eigenvalue weighted by molar-refractivity contribution is 6.31. The van der Waals surface area contributed by atoms with Gasteiger partial charge in [-0.05, 0) is 25.1 Å². The normalized spacial score (nSPS) is 12.2. The van der Waals surface area contributed by atoms with Crippen molar-refractivity contribution < 1.29 is 14.6 Å². The molecule has 1 aromatic rings. The molecule has 0 heterocycles. The van der Waals surface area contributed by atoms with Crippen LogP contribution >= 0.6 is 11.6 Å². The molecule has 0 aliphatic carbocycles. The van der Waals surface area contributed by atoms with E-state index in [2.05, 4.69) is 0 Å². The number of anilines is 1. The topological polar surface area (TPSA) is 72.5 Å². The minimum absolute atomic E-state index is 0.0647. The summed E-state index contributed by atoms with van der Waals surface area (Å²) < 4.78 is 4.80. The van der Waals surface area contributed by atoms with Gasteiger partial charge in [0.25, 0.3) is 0 Å². The zero-order valence-corrected chi connectivity index (χ0v) is 8.99. The number of esters is 1. The molecule has 0 radical (unpaired) electrons. The number of carbonyl (C=O) groups is 1. The van der Waals surface area contributed by atoms with Crippen LogP contribution in [0.4, 0.5) is 5.69 Å². The van der Waals surface area contributed by atoms with E-state index in [1.807, 2.05) is 0 Å². The summed E-state index contributed by atoms with van der Waals surface area (Å²) in [5.41, 5.74) is 6.09. The van der Waals surface area contributed by atoms with Crippen molar-refractivity contribution >= 4 is 23.3 Å². The standard InChI is InChI=1S/C10H12ClNO3/c1-6(13)5-15-10(14)8-4-7(11)2-3-9(8)12/h2-4,6,13H,5,12H2,1H3. The van der Waals surface area contributed by atoms with Gasteiger partial charge in [0.2, 0.25) is 0 Å². The third kappa shape index (κ3) is 3.42. The number of aliphatic hydroxyl groups is 1. The summed E-state index contributed by atoms with van der Waals surface area (Å²) in [7, 11) is 0. The first kappa shape index (κ1) is 11.8. The molecular weight excluding hydrogens is 218 g/mol. The van der Waals surface area contributed by atoms with Gasteiger partial charge >= 0.3 is 5.97 Å². The molecule has 82 valence electrons. The second kappa shape index (κ2) is 5.00. The van der Waals surface area contributed by atoms with Crippen LogP contribution in [0.2, 0.25) is 5.02 Å². The Morgan fingerprint density at radius 1 is 1.67 bits per heavy atom. The maximum atomic E-state index is 11.5. The predicted octanol–water partition coefficient (Wildman–Crippen LogP) is 1.46. The number of benzene rings is 1. The van der Waals surface area contributed by atoms with Gasteiger partial charge in [-0.3, -0.25) is 0 Å². The summed E-state index contributed by atoms with van der Waals surface area (Å²) in [5.74, 6) is -0.587. The summed E-state index contributed by atoms with van der Waals surface area (Å²) in [5, 5.41) is 9.35. The number of carbonyl (C=O) groups excluding carboxylic acids is 1. The van der Waals surface area contributed by atoms with Gasteiger partial charge in [0.1, 0.15) is 6.61 Å². The van der Waals surface area contributed by atoms with Crippen molar-refractivity contribution in [1.82, 2.24) is 0 Å². The molecule has 0 fully saturated rings. The number of hydrogen-bond donors (Lipinski definition) is 2. The van der Waals surface area contributed by atoms with Crippen molar-refractivity contribution in [1.29, 1.82) is 0 Å². The summed E-state index contributed by atoms with van der Waals surface area (Å²) in [6.07, 6.45) is -0.700. The molecule has 0 aliphatic rings. The maximum absolute atomic E-state index is 11.5. The predicted molar refractivity (Wildman–Crippen MR) is 57.8 cm³/mol. The zero-order chi connectivity index (χ0) is 11.4. The van der Waals surface area contributed by atoms with E-state index in [9.17, 15) is 4.79 Å². The molecule has 4 nitrogen and oxygen atoms in total. The van der Waals surface area contributed by atoms with Crippen LogP contribution in [0.1, 0.15) is 17.3 Å². The number of nitrogens with two attached hydrogens (primary N) is 1. The minimum atomic E-state index is -0.700. The first-order valence-electron chi connectivity index (χ1n) is 4.41. The van der Waals surface area contributed by atoms with Crippen LogP contribution in [0.25, 0.3) is 0 Å². The number of rotatable bonds is 3. The highest BCUT2D eigenvalue weighted by Crippen LogP contribution is 2.18. The maximum Gasteiger partial charge on any atom is 0.340 e. The average molecular weight is 230 g/mol. The Labute approximate surface area is 92.6 Å². The smallest absolute Gasteiger partial charge is 0.340 e. The molecule has 1 atom stereocenters. The van der Waals surface area contributed by atoms with Gasteiger partial charge in [0.05, 0.1) is 11.7 Å². The van der Waals surface area contributed by atoms with Crippen molar-refractivity contribution in [3.05, 3.63) is 28.8 Å². The van der Waals surface area contributed by atoms with Gasteiger partial charge in [0, 0.05) is 10.7 Å². The third-order valence-electron chi connectivity index (χ3n) is 1.69.